The van der Waals surface area contributed by atoms with Gasteiger partial charge in [-0.3, -0.25) is 9.59 Å². The Morgan fingerprint density at radius 3 is 2.23 bits per heavy atom. The van der Waals surface area contributed by atoms with Gasteiger partial charge in [0.15, 0.2) is 11.5 Å². The van der Waals surface area contributed by atoms with Crippen LogP contribution in [0.5, 0.6) is 11.5 Å². The molecule has 2 aromatic carbocycles. The van der Waals surface area contributed by atoms with Gasteiger partial charge in [-0.05, 0) is 43.7 Å². The number of carbonyl (C=O) groups is 2. The van der Waals surface area contributed by atoms with Crippen molar-refractivity contribution in [2.45, 2.75) is 13.8 Å². The van der Waals surface area contributed by atoms with E-state index in [0.717, 1.165) is 4.90 Å². The molecule has 0 spiro atoms. The normalized spacial score (nSPS) is 13.8. The second-order valence-electron chi connectivity index (χ2n) is 6.82. The topological polar surface area (TPSA) is 79.3 Å². The van der Waals surface area contributed by atoms with Crippen LogP contribution in [0.2, 0.25) is 0 Å². The number of carbonyl (C=O) groups excluding carboxylic acids is 2. The SMILES string of the molecule is CCOc1ccc(N2C(=O)C(c3ccc(F)cc3)=C(N(C)CCO)C2=O)cc1OCC. The van der Waals surface area contributed by atoms with E-state index in [2.05, 4.69) is 0 Å². The lowest BCUT2D eigenvalue weighted by molar-refractivity contribution is -0.120. The van der Waals surface area contributed by atoms with E-state index in [9.17, 15) is 19.1 Å². The fourth-order valence-electron chi connectivity index (χ4n) is 3.42. The van der Waals surface area contributed by atoms with Crippen molar-refractivity contribution in [2.75, 3.05) is 38.3 Å². The van der Waals surface area contributed by atoms with Crippen molar-refractivity contribution < 1.29 is 28.6 Å². The van der Waals surface area contributed by atoms with Crippen LogP contribution in [0.3, 0.4) is 0 Å². The molecule has 1 aliphatic rings. The summed E-state index contributed by atoms with van der Waals surface area (Å²) in [5.41, 5.74) is 1.03. The molecule has 8 heteroatoms. The number of benzene rings is 2. The van der Waals surface area contributed by atoms with E-state index in [0.29, 0.717) is 36.0 Å². The number of likely N-dealkylation sites (N-methyl/N-ethyl adjacent to an activating group) is 1. The molecule has 3 rings (SSSR count). The van der Waals surface area contributed by atoms with Crippen molar-refractivity contribution in [3.63, 3.8) is 0 Å². The van der Waals surface area contributed by atoms with Crippen molar-refractivity contribution in [3.8, 4) is 11.5 Å². The Morgan fingerprint density at radius 2 is 1.61 bits per heavy atom. The minimum Gasteiger partial charge on any atom is -0.490 e. The third-order valence-electron chi connectivity index (χ3n) is 4.79. The van der Waals surface area contributed by atoms with Crippen LogP contribution in [0.25, 0.3) is 5.57 Å². The number of anilines is 1. The van der Waals surface area contributed by atoms with Crippen LogP contribution in [-0.4, -0.2) is 55.2 Å². The fourth-order valence-corrected chi connectivity index (χ4v) is 3.42. The molecule has 0 aromatic heterocycles. The maximum atomic E-state index is 13.4. The molecule has 1 heterocycles. The van der Waals surface area contributed by atoms with E-state index in [1.807, 2.05) is 13.8 Å². The summed E-state index contributed by atoms with van der Waals surface area (Å²) in [7, 11) is 1.62. The van der Waals surface area contributed by atoms with Gasteiger partial charge in [0.05, 0.1) is 31.1 Å². The Balaban J connectivity index is 2.08. The summed E-state index contributed by atoms with van der Waals surface area (Å²) in [6.07, 6.45) is 0. The maximum Gasteiger partial charge on any atom is 0.282 e. The maximum absolute atomic E-state index is 13.4. The van der Waals surface area contributed by atoms with Crippen LogP contribution < -0.4 is 14.4 Å². The first-order valence-corrected chi connectivity index (χ1v) is 10.0. The van der Waals surface area contributed by atoms with Gasteiger partial charge in [0.25, 0.3) is 11.8 Å². The van der Waals surface area contributed by atoms with Crippen molar-refractivity contribution in [1.82, 2.24) is 4.90 Å². The minimum atomic E-state index is -0.539. The predicted octanol–water partition coefficient (Wildman–Crippen LogP) is 2.83. The van der Waals surface area contributed by atoms with Crippen LogP contribution in [0, 0.1) is 5.82 Å². The molecule has 2 amide bonds. The molecule has 0 bridgehead atoms. The third-order valence-corrected chi connectivity index (χ3v) is 4.79. The van der Waals surface area contributed by atoms with E-state index < -0.39 is 17.6 Å². The first-order chi connectivity index (χ1) is 14.9. The van der Waals surface area contributed by atoms with E-state index in [1.54, 1.807) is 25.2 Å². The summed E-state index contributed by atoms with van der Waals surface area (Å²) in [6.45, 7) is 4.45. The van der Waals surface area contributed by atoms with Crippen LogP contribution in [0.15, 0.2) is 48.2 Å². The molecule has 0 fully saturated rings. The van der Waals surface area contributed by atoms with Gasteiger partial charge in [0.2, 0.25) is 0 Å². The number of aliphatic hydroxyl groups excluding tert-OH is 1. The van der Waals surface area contributed by atoms with Crippen LogP contribution >= 0.6 is 0 Å². The fraction of sp³-hybridized carbons (Fsp3) is 0.304. The molecule has 2 aromatic rings. The number of hydrogen-bond acceptors (Lipinski definition) is 6. The zero-order valence-electron chi connectivity index (χ0n) is 17.7. The summed E-state index contributed by atoms with van der Waals surface area (Å²) < 4.78 is 24.6. The predicted molar refractivity (Wildman–Crippen MR) is 114 cm³/mol. The highest BCUT2D eigenvalue weighted by molar-refractivity contribution is 6.45. The lowest BCUT2D eigenvalue weighted by atomic mass is 10.0. The number of halogens is 1. The molecule has 0 saturated carbocycles. The lowest BCUT2D eigenvalue weighted by Crippen LogP contribution is -2.34. The summed E-state index contributed by atoms with van der Waals surface area (Å²) in [5, 5.41) is 9.35. The van der Waals surface area contributed by atoms with E-state index in [-0.39, 0.29) is 24.4 Å². The average molecular weight is 428 g/mol. The summed E-state index contributed by atoms with van der Waals surface area (Å²) in [5.74, 6) is -0.592. The minimum absolute atomic E-state index is 0.137. The Bertz CT molecular complexity index is 1000. The van der Waals surface area contributed by atoms with Crippen molar-refractivity contribution in [1.29, 1.82) is 0 Å². The van der Waals surface area contributed by atoms with Crippen LogP contribution in [0.4, 0.5) is 10.1 Å². The number of nitrogens with zero attached hydrogens (tertiary/aromatic N) is 2. The van der Waals surface area contributed by atoms with Gasteiger partial charge in [0, 0.05) is 19.7 Å². The van der Waals surface area contributed by atoms with E-state index in [1.165, 1.54) is 29.2 Å². The van der Waals surface area contributed by atoms with Gasteiger partial charge >= 0.3 is 0 Å². The number of aliphatic hydroxyl groups is 1. The highest BCUT2D eigenvalue weighted by Crippen LogP contribution is 2.38. The number of hydrogen-bond donors (Lipinski definition) is 1. The molecule has 7 nitrogen and oxygen atoms in total. The third kappa shape index (κ3) is 4.39. The molecular formula is C23H25FN2O5. The summed E-state index contributed by atoms with van der Waals surface area (Å²) >= 11 is 0. The number of ether oxygens (including phenoxy) is 2. The molecule has 1 N–H and O–H groups in total. The summed E-state index contributed by atoms with van der Waals surface area (Å²) in [4.78, 5) is 29.3. The smallest absolute Gasteiger partial charge is 0.282 e. The van der Waals surface area contributed by atoms with Crippen molar-refractivity contribution >= 4 is 23.1 Å². The molecular weight excluding hydrogens is 403 g/mol. The highest BCUT2D eigenvalue weighted by Gasteiger charge is 2.42. The zero-order chi connectivity index (χ0) is 22.5. The Morgan fingerprint density at radius 1 is 0.968 bits per heavy atom. The summed E-state index contributed by atoms with van der Waals surface area (Å²) in [6, 6.07) is 10.2. The van der Waals surface area contributed by atoms with Gasteiger partial charge in [-0.2, -0.15) is 0 Å². The monoisotopic (exact) mass is 428 g/mol. The molecule has 0 aliphatic carbocycles. The second kappa shape index (κ2) is 9.61. The largest absolute Gasteiger partial charge is 0.490 e. The Labute approximate surface area is 180 Å². The van der Waals surface area contributed by atoms with Gasteiger partial charge in [-0.25, -0.2) is 9.29 Å². The molecule has 1 aliphatic heterocycles. The highest BCUT2D eigenvalue weighted by atomic mass is 19.1. The van der Waals surface area contributed by atoms with Gasteiger partial charge < -0.3 is 19.5 Å². The molecule has 31 heavy (non-hydrogen) atoms. The quantitative estimate of drug-likeness (QED) is 0.619. The van der Waals surface area contributed by atoms with E-state index in [4.69, 9.17) is 9.47 Å². The number of amides is 2. The number of imide groups is 1. The Kier molecular flexibility index (Phi) is 6.91. The number of rotatable bonds is 9. The van der Waals surface area contributed by atoms with Gasteiger partial charge in [-0.1, -0.05) is 12.1 Å². The second-order valence-corrected chi connectivity index (χ2v) is 6.82. The molecule has 164 valence electrons. The first kappa shape index (κ1) is 22.3. The van der Waals surface area contributed by atoms with Crippen molar-refractivity contribution in [3.05, 3.63) is 59.5 Å². The standard InChI is InChI=1S/C23H25FN2O5/c1-4-30-18-11-10-17(14-19(18)31-5-2)26-22(28)20(15-6-8-16(24)9-7-15)21(23(26)29)25(3)12-13-27/h6-11,14,27H,4-5,12-13H2,1-3H3. The Hall–Kier alpha value is -3.39. The van der Waals surface area contributed by atoms with Crippen LogP contribution in [0.1, 0.15) is 19.4 Å². The van der Waals surface area contributed by atoms with Crippen molar-refractivity contribution in [2.24, 2.45) is 0 Å². The molecule has 0 radical (unpaired) electrons. The molecule has 0 saturated heterocycles. The molecule has 0 atom stereocenters. The lowest BCUT2D eigenvalue weighted by Gasteiger charge is -2.21. The zero-order valence-corrected chi connectivity index (χ0v) is 17.7. The van der Waals surface area contributed by atoms with Gasteiger partial charge in [0.1, 0.15) is 11.5 Å². The average Bonchev–Trinajstić information content (AvgIpc) is 3.01. The molecule has 0 unspecified atom stereocenters. The van der Waals surface area contributed by atoms with Gasteiger partial charge in [-0.15, -0.1) is 0 Å². The first-order valence-electron chi connectivity index (χ1n) is 10.0. The van der Waals surface area contributed by atoms with E-state index >= 15 is 0 Å². The van der Waals surface area contributed by atoms with Crippen LogP contribution in [-0.2, 0) is 9.59 Å².